The van der Waals surface area contributed by atoms with Crippen molar-refractivity contribution in [1.82, 2.24) is 9.55 Å². The van der Waals surface area contributed by atoms with Gasteiger partial charge in [0.1, 0.15) is 5.82 Å². The monoisotopic (exact) mass is 240 g/mol. The lowest BCUT2D eigenvalue weighted by Crippen LogP contribution is -1.92. The summed E-state index contributed by atoms with van der Waals surface area (Å²) in [5.41, 5.74) is 4.44. The molecule has 0 amide bonds. The van der Waals surface area contributed by atoms with Gasteiger partial charge < -0.3 is 4.57 Å². The standard InChI is InChI=1S/C15H13FN2/c1-10-13-9-17-8-7-14(13)18(2)15(10)11-3-5-12(16)6-4-11/h3-9H,1-2H3. The van der Waals surface area contributed by atoms with E-state index in [-0.39, 0.29) is 5.82 Å². The number of aromatic nitrogens is 2. The Morgan fingerprint density at radius 2 is 1.83 bits per heavy atom. The van der Waals surface area contributed by atoms with Crippen molar-refractivity contribution in [2.75, 3.05) is 0 Å². The zero-order valence-electron chi connectivity index (χ0n) is 10.3. The van der Waals surface area contributed by atoms with E-state index in [0.29, 0.717) is 0 Å². The molecule has 0 atom stereocenters. The van der Waals surface area contributed by atoms with Crippen LogP contribution in [0.5, 0.6) is 0 Å². The number of hydrogen-bond donors (Lipinski definition) is 0. The minimum Gasteiger partial charge on any atom is -0.343 e. The lowest BCUT2D eigenvalue weighted by Gasteiger charge is -2.05. The van der Waals surface area contributed by atoms with E-state index in [1.54, 1.807) is 6.20 Å². The van der Waals surface area contributed by atoms with Gasteiger partial charge in [-0.05, 0) is 48.4 Å². The van der Waals surface area contributed by atoms with Gasteiger partial charge in [-0.25, -0.2) is 4.39 Å². The molecule has 3 heteroatoms. The Kier molecular flexibility index (Phi) is 2.40. The van der Waals surface area contributed by atoms with Crippen LogP contribution < -0.4 is 0 Å². The second kappa shape index (κ2) is 3.95. The topological polar surface area (TPSA) is 17.8 Å². The molecule has 0 saturated carbocycles. The second-order valence-corrected chi connectivity index (χ2v) is 4.43. The van der Waals surface area contributed by atoms with E-state index >= 15 is 0 Å². The molecule has 18 heavy (non-hydrogen) atoms. The van der Waals surface area contributed by atoms with E-state index in [2.05, 4.69) is 16.5 Å². The molecule has 0 saturated heterocycles. The van der Waals surface area contributed by atoms with Gasteiger partial charge in [0.15, 0.2) is 0 Å². The van der Waals surface area contributed by atoms with Crippen LogP contribution in [0.2, 0.25) is 0 Å². The molecule has 2 heterocycles. The Morgan fingerprint density at radius 3 is 2.50 bits per heavy atom. The van der Waals surface area contributed by atoms with Crippen molar-refractivity contribution < 1.29 is 4.39 Å². The van der Waals surface area contributed by atoms with E-state index in [0.717, 1.165) is 22.2 Å². The predicted octanol–water partition coefficient (Wildman–Crippen LogP) is 3.69. The van der Waals surface area contributed by atoms with Crippen molar-refractivity contribution in [3.05, 3.63) is 54.1 Å². The van der Waals surface area contributed by atoms with Crippen LogP contribution in [-0.4, -0.2) is 9.55 Å². The van der Waals surface area contributed by atoms with Gasteiger partial charge in [0.25, 0.3) is 0 Å². The summed E-state index contributed by atoms with van der Waals surface area (Å²) in [6, 6.07) is 8.60. The third-order valence-corrected chi connectivity index (χ3v) is 3.37. The van der Waals surface area contributed by atoms with Crippen LogP contribution in [0.25, 0.3) is 22.2 Å². The van der Waals surface area contributed by atoms with Gasteiger partial charge in [-0.1, -0.05) is 0 Å². The molecule has 1 aromatic carbocycles. The van der Waals surface area contributed by atoms with Crippen LogP contribution in [0.15, 0.2) is 42.7 Å². The molecular weight excluding hydrogens is 227 g/mol. The van der Waals surface area contributed by atoms with Gasteiger partial charge in [-0.2, -0.15) is 0 Å². The molecule has 2 nitrogen and oxygen atoms in total. The summed E-state index contributed by atoms with van der Waals surface area (Å²) in [4.78, 5) is 4.16. The maximum Gasteiger partial charge on any atom is 0.123 e. The first-order valence-electron chi connectivity index (χ1n) is 5.83. The Morgan fingerprint density at radius 1 is 1.11 bits per heavy atom. The molecule has 3 aromatic rings. The zero-order chi connectivity index (χ0) is 12.7. The van der Waals surface area contributed by atoms with Crippen LogP contribution in [0.4, 0.5) is 4.39 Å². The lowest BCUT2D eigenvalue weighted by atomic mass is 10.1. The second-order valence-electron chi connectivity index (χ2n) is 4.43. The van der Waals surface area contributed by atoms with Crippen molar-refractivity contribution in [2.24, 2.45) is 7.05 Å². The average Bonchev–Trinajstić information content (AvgIpc) is 2.64. The van der Waals surface area contributed by atoms with Gasteiger partial charge >= 0.3 is 0 Å². The molecule has 0 unspecified atom stereocenters. The van der Waals surface area contributed by atoms with Crippen molar-refractivity contribution in [2.45, 2.75) is 6.92 Å². The molecule has 0 spiro atoms. The number of rotatable bonds is 1. The number of halogens is 1. The number of fused-ring (bicyclic) bond motifs is 1. The quantitative estimate of drug-likeness (QED) is 0.634. The van der Waals surface area contributed by atoms with E-state index in [4.69, 9.17) is 0 Å². The van der Waals surface area contributed by atoms with Gasteiger partial charge in [0.2, 0.25) is 0 Å². The van der Waals surface area contributed by atoms with E-state index < -0.39 is 0 Å². The highest BCUT2D eigenvalue weighted by atomic mass is 19.1. The molecule has 0 fully saturated rings. The largest absolute Gasteiger partial charge is 0.343 e. The Labute approximate surface area is 105 Å². The molecule has 0 aliphatic rings. The SMILES string of the molecule is Cc1c(-c2ccc(F)cc2)n(C)c2ccncc12. The van der Waals surface area contributed by atoms with Crippen LogP contribution in [0.3, 0.4) is 0 Å². The summed E-state index contributed by atoms with van der Waals surface area (Å²) in [5, 5.41) is 1.14. The van der Waals surface area contributed by atoms with Crippen molar-refractivity contribution in [3.63, 3.8) is 0 Å². The molecular formula is C15H13FN2. The first-order chi connectivity index (χ1) is 8.68. The lowest BCUT2D eigenvalue weighted by molar-refractivity contribution is 0.628. The van der Waals surface area contributed by atoms with E-state index in [1.165, 1.54) is 17.7 Å². The normalized spacial score (nSPS) is 11.1. The van der Waals surface area contributed by atoms with Gasteiger partial charge in [0.05, 0.1) is 11.2 Å². The van der Waals surface area contributed by atoms with Crippen LogP contribution >= 0.6 is 0 Å². The Hall–Kier alpha value is -2.16. The summed E-state index contributed by atoms with van der Waals surface area (Å²) in [5.74, 6) is -0.211. The van der Waals surface area contributed by atoms with Crippen LogP contribution in [-0.2, 0) is 7.05 Å². The fourth-order valence-electron chi connectivity index (χ4n) is 2.49. The molecule has 90 valence electrons. The average molecular weight is 240 g/mol. The van der Waals surface area contributed by atoms with Gasteiger partial charge in [-0.3, -0.25) is 4.98 Å². The Bertz CT molecular complexity index is 672. The first kappa shape index (κ1) is 11.0. The number of hydrogen-bond acceptors (Lipinski definition) is 1. The van der Waals surface area contributed by atoms with Gasteiger partial charge in [-0.15, -0.1) is 0 Å². The minimum absolute atomic E-state index is 0.211. The highest BCUT2D eigenvalue weighted by Gasteiger charge is 2.13. The molecule has 3 rings (SSSR count). The molecule has 0 N–H and O–H groups in total. The maximum absolute atomic E-state index is 13.0. The number of aryl methyl sites for hydroxylation is 2. The third-order valence-electron chi connectivity index (χ3n) is 3.37. The van der Waals surface area contributed by atoms with Crippen LogP contribution in [0.1, 0.15) is 5.56 Å². The zero-order valence-corrected chi connectivity index (χ0v) is 10.3. The van der Waals surface area contributed by atoms with Crippen LogP contribution in [0, 0.1) is 12.7 Å². The smallest absolute Gasteiger partial charge is 0.123 e. The predicted molar refractivity (Wildman–Crippen MR) is 70.8 cm³/mol. The fraction of sp³-hybridized carbons (Fsp3) is 0.133. The van der Waals surface area contributed by atoms with E-state index in [1.807, 2.05) is 31.4 Å². The minimum atomic E-state index is -0.211. The summed E-state index contributed by atoms with van der Waals surface area (Å²) < 4.78 is 15.1. The highest BCUT2D eigenvalue weighted by molar-refractivity contribution is 5.90. The number of benzene rings is 1. The summed E-state index contributed by atoms with van der Waals surface area (Å²) in [6.45, 7) is 2.07. The maximum atomic E-state index is 13.0. The van der Waals surface area contributed by atoms with Crippen molar-refractivity contribution >= 4 is 10.9 Å². The molecule has 0 radical (unpaired) electrons. The highest BCUT2D eigenvalue weighted by Crippen LogP contribution is 2.31. The third kappa shape index (κ3) is 1.51. The van der Waals surface area contributed by atoms with E-state index in [9.17, 15) is 4.39 Å². The summed E-state index contributed by atoms with van der Waals surface area (Å²) in [6.07, 6.45) is 3.66. The summed E-state index contributed by atoms with van der Waals surface area (Å²) in [7, 11) is 2.02. The number of pyridine rings is 1. The first-order valence-corrected chi connectivity index (χ1v) is 5.83. The van der Waals surface area contributed by atoms with Crippen molar-refractivity contribution in [3.8, 4) is 11.3 Å². The Balaban J connectivity index is 2.32. The molecule has 0 aliphatic carbocycles. The molecule has 0 aliphatic heterocycles. The van der Waals surface area contributed by atoms with Gasteiger partial charge in [0, 0.05) is 24.8 Å². The fourth-order valence-corrected chi connectivity index (χ4v) is 2.49. The van der Waals surface area contributed by atoms with Crippen molar-refractivity contribution in [1.29, 1.82) is 0 Å². The number of nitrogens with zero attached hydrogens (tertiary/aromatic N) is 2. The molecule has 0 bridgehead atoms. The summed E-state index contributed by atoms with van der Waals surface area (Å²) >= 11 is 0. The molecule has 2 aromatic heterocycles.